The number of nitrogen functional groups attached to an aromatic ring is 1. The third kappa shape index (κ3) is 3.04. The van der Waals surface area contributed by atoms with Crippen LogP contribution in [0.1, 0.15) is 0 Å². The molecule has 4 rings (SSSR count). The number of anilines is 1. The Morgan fingerprint density at radius 2 is 1.92 bits per heavy atom. The fourth-order valence-corrected chi connectivity index (χ4v) is 2.53. The second-order valence-corrected chi connectivity index (χ2v) is 5.31. The van der Waals surface area contributed by atoms with Gasteiger partial charge in [-0.1, -0.05) is 11.2 Å². The summed E-state index contributed by atoms with van der Waals surface area (Å²) in [5, 5.41) is 7.42. The second kappa shape index (κ2) is 5.76. The van der Waals surface area contributed by atoms with Crippen molar-refractivity contribution < 1.29 is 22.3 Å². The average Bonchev–Trinajstić information content (AvgIpc) is 3.19. The standard InChI is InChI=1S/C16H10F3N5O2/c17-16(18,19)26-11-3-1-2-10(7-11)24-8-21-12-5-4-9(6-13(12)24)14-22-23-15(20)25-14/h1-8H,(H2,20,23). The molecule has 132 valence electrons. The van der Waals surface area contributed by atoms with Crippen LogP contribution in [0.5, 0.6) is 5.75 Å². The minimum Gasteiger partial charge on any atom is -0.406 e. The van der Waals surface area contributed by atoms with E-state index in [9.17, 15) is 13.2 Å². The fourth-order valence-electron chi connectivity index (χ4n) is 2.53. The molecule has 0 unspecified atom stereocenters. The molecular weight excluding hydrogens is 351 g/mol. The van der Waals surface area contributed by atoms with Crippen LogP contribution in [0.25, 0.3) is 28.2 Å². The summed E-state index contributed by atoms with van der Waals surface area (Å²) in [4.78, 5) is 4.25. The van der Waals surface area contributed by atoms with Gasteiger partial charge in [-0.05, 0) is 30.3 Å². The van der Waals surface area contributed by atoms with Crippen molar-refractivity contribution in [2.24, 2.45) is 0 Å². The molecule has 2 aromatic heterocycles. The van der Waals surface area contributed by atoms with Gasteiger partial charge >= 0.3 is 12.4 Å². The van der Waals surface area contributed by atoms with E-state index in [2.05, 4.69) is 19.9 Å². The number of nitrogens with two attached hydrogens (primary N) is 1. The molecule has 26 heavy (non-hydrogen) atoms. The summed E-state index contributed by atoms with van der Waals surface area (Å²) in [5.41, 5.74) is 7.78. The number of hydrogen-bond acceptors (Lipinski definition) is 6. The molecule has 0 atom stereocenters. The first kappa shape index (κ1) is 15.9. The Morgan fingerprint density at radius 3 is 2.65 bits per heavy atom. The van der Waals surface area contributed by atoms with E-state index in [1.54, 1.807) is 28.8 Å². The fraction of sp³-hybridized carbons (Fsp3) is 0.0625. The number of fused-ring (bicyclic) bond motifs is 1. The molecule has 2 heterocycles. The lowest BCUT2D eigenvalue weighted by Crippen LogP contribution is -2.17. The number of aromatic nitrogens is 4. The molecule has 4 aromatic rings. The van der Waals surface area contributed by atoms with Gasteiger partial charge in [-0.2, -0.15) is 0 Å². The Kier molecular flexibility index (Phi) is 3.53. The topological polar surface area (TPSA) is 92.0 Å². The van der Waals surface area contributed by atoms with Crippen molar-refractivity contribution in [1.29, 1.82) is 0 Å². The van der Waals surface area contributed by atoms with Crippen LogP contribution in [0.15, 0.2) is 53.2 Å². The van der Waals surface area contributed by atoms with Crippen molar-refractivity contribution in [2.45, 2.75) is 6.36 Å². The van der Waals surface area contributed by atoms with Gasteiger partial charge in [0, 0.05) is 11.6 Å². The van der Waals surface area contributed by atoms with Crippen LogP contribution in [0, 0.1) is 0 Å². The third-order valence-electron chi connectivity index (χ3n) is 3.56. The maximum absolute atomic E-state index is 12.4. The van der Waals surface area contributed by atoms with Gasteiger partial charge in [-0.3, -0.25) is 4.57 Å². The first-order valence-electron chi connectivity index (χ1n) is 7.32. The number of hydrogen-bond donors (Lipinski definition) is 1. The van der Waals surface area contributed by atoms with Crippen molar-refractivity contribution in [3.8, 4) is 22.9 Å². The Morgan fingerprint density at radius 1 is 1.08 bits per heavy atom. The van der Waals surface area contributed by atoms with Gasteiger partial charge in [-0.25, -0.2) is 4.98 Å². The molecule has 2 N–H and O–H groups in total. The first-order valence-corrected chi connectivity index (χ1v) is 7.32. The molecule has 0 aliphatic heterocycles. The van der Waals surface area contributed by atoms with Gasteiger partial charge in [0.2, 0.25) is 5.89 Å². The van der Waals surface area contributed by atoms with Crippen LogP contribution in [-0.2, 0) is 0 Å². The number of nitrogens with zero attached hydrogens (tertiary/aromatic N) is 4. The summed E-state index contributed by atoms with van der Waals surface area (Å²) in [6, 6.07) is 10.7. The molecular formula is C16H10F3N5O2. The molecule has 0 aliphatic rings. The van der Waals surface area contributed by atoms with Gasteiger partial charge in [-0.15, -0.1) is 18.3 Å². The van der Waals surface area contributed by atoms with Crippen molar-refractivity contribution in [3.63, 3.8) is 0 Å². The molecule has 0 spiro atoms. The highest BCUT2D eigenvalue weighted by Crippen LogP contribution is 2.28. The molecule has 0 fully saturated rings. The quantitative estimate of drug-likeness (QED) is 0.600. The van der Waals surface area contributed by atoms with Crippen LogP contribution in [-0.4, -0.2) is 26.1 Å². The maximum Gasteiger partial charge on any atom is 0.573 e. The van der Waals surface area contributed by atoms with Crippen LogP contribution < -0.4 is 10.5 Å². The zero-order chi connectivity index (χ0) is 18.3. The van der Waals surface area contributed by atoms with E-state index in [0.29, 0.717) is 22.3 Å². The van der Waals surface area contributed by atoms with Crippen LogP contribution >= 0.6 is 0 Å². The summed E-state index contributed by atoms with van der Waals surface area (Å²) < 4.78 is 48.1. The lowest BCUT2D eigenvalue weighted by atomic mass is 10.2. The van der Waals surface area contributed by atoms with Crippen molar-refractivity contribution in [2.75, 3.05) is 5.73 Å². The molecule has 0 radical (unpaired) electrons. The van der Waals surface area contributed by atoms with Crippen LogP contribution in [0.4, 0.5) is 19.2 Å². The van der Waals surface area contributed by atoms with Gasteiger partial charge < -0.3 is 14.9 Å². The van der Waals surface area contributed by atoms with Crippen molar-refractivity contribution in [1.82, 2.24) is 19.7 Å². The monoisotopic (exact) mass is 361 g/mol. The molecule has 7 nitrogen and oxygen atoms in total. The highest BCUT2D eigenvalue weighted by Gasteiger charge is 2.31. The zero-order valence-electron chi connectivity index (χ0n) is 12.9. The van der Waals surface area contributed by atoms with E-state index in [0.717, 1.165) is 0 Å². The lowest BCUT2D eigenvalue weighted by molar-refractivity contribution is -0.274. The van der Waals surface area contributed by atoms with Gasteiger partial charge in [0.05, 0.1) is 16.7 Å². The van der Waals surface area contributed by atoms with E-state index >= 15 is 0 Å². The third-order valence-corrected chi connectivity index (χ3v) is 3.56. The van der Waals surface area contributed by atoms with Gasteiger partial charge in [0.15, 0.2) is 0 Å². The number of halogens is 3. The summed E-state index contributed by atoms with van der Waals surface area (Å²) in [6.45, 7) is 0. The van der Waals surface area contributed by atoms with E-state index in [1.807, 2.05) is 0 Å². The average molecular weight is 361 g/mol. The Labute approximate surface area is 143 Å². The summed E-state index contributed by atoms with van der Waals surface area (Å²) >= 11 is 0. The molecule has 0 amide bonds. The highest BCUT2D eigenvalue weighted by atomic mass is 19.4. The number of rotatable bonds is 3. The summed E-state index contributed by atoms with van der Waals surface area (Å²) in [7, 11) is 0. The predicted molar refractivity (Wildman–Crippen MR) is 85.5 cm³/mol. The maximum atomic E-state index is 12.4. The first-order chi connectivity index (χ1) is 12.4. The molecule has 0 saturated heterocycles. The number of imidazole rings is 1. The minimum atomic E-state index is -4.76. The van der Waals surface area contributed by atoms with E-state index in [1.165, 1.54) is 24.5 Å². The van der Waals surface area contributed by atoms with Crippen LogP contribution in [0.2, 0.25) is 0 Å². The number of ether oxygens (including phenoxy) is 1. The van der Waals surface area contributed by atoms with Gasteiger partial charge in [0.1, 0.15) is 12.1 Å². The lowest BCUT2D eigenvalue weighted by Gasteiger charge is -2.11. The SMILES string of the molecule is Nc1nnc(-c2ccc3ncn(-c4cccc(OC(F)(F)F)c4)c3c2)o1. The number of benzene rings is 2. The van der Waals surface area contributed by atoms with E-state index in [4.69, 9.17) is 10.2 Å². The predicted octanol–water partition coefficient (Wildman–Crippen LogP) is 3.56. The zero-order valence-corrected chi connectivity index (χ0v) is 12.9. The molecule has 2 aromatic carbocycles. The normalized spacial score (nSPS) is 11.8. The molecule has 0 saturated carbocycles. The van der Waals surface area contributed by atoms with E-state index < -0.39 is 6.36 Å². The Hall–Kier alpha value is -3.56. The van der Waals surface area contributed by atoms with Gasteiger partial charge in [0.25, 0.3) is 0 Å². The Bertz CT molecular complexity index is 1090. The minimum absolute atomic E-state index is 0.0643. The van der Waals surface area contributed by atoms with E-state index in [-0.39, 0.29) is 17.7 Å². The number of alkyl halides is 3. The molecule has 10 heteroatoms. The summed E-state index contributed by atoms with van der Waals surface area (Å²) in [5.74, 6) is -0.0935. The largest absolute Gasteiger partial charge is 0.573 e. The van der Waals surface area contributed by atoms with Crippen molar-refractivity contribution in [3.05, 3.63) is 48.8 Å². The second-order valence-electron chi connectivity index (χ2n) is 5.31. The Balaban J connectivity index is 1.78. The van der Waals surface area contributed by atoms with Crippen LogP contribution in [0.3, 0.4) is 0 Å². The molecule has 0 bridgehead atoms. The molecule has 0 aliphatic carbocycles. The smallest absolute Gasteiger partial charge is 0.406 e. The summed E-state index contributed by atoms with van der Waals surface area (Å²) in [6.07, 6.45) is -3.26. The van der Waals surface area contributed by atoms with Crippen molar-refractivity contribution >= 4 is 17.0 Å². The highest BCUT2D eigenvalue weighted by molar-refractivity contribution is 5.82.